The number of carbonyl (C=O) groups is 2. The third-order valence-electron chi connectivity index (χ3n) is 4.57. The number of anilines is 1. The van der Waals surface area contributed by atoms with E-state index in [1.807, 2.05) is 0 Å². The molecule has 1 aromatic heterocycles. The molecule has 0 atom stereocenters. The van der Waals surface area contributed by atoms with Gasteiger partial charge in [0.15, 0.2) is 6.61 Å². The summed E-state index contributed by atoms with van der Waals surface area (Å²) in [5.74, 6) is -1.47. The van der Waals surface area contributed by atoms with Crippen molar-refractivity contribution in [3.8, 4) is 0 Å². The number of pyridine rings is 1. The smallest absolute Gasteiger partial charge is 0.339 e. The number of para-hydroxylation sites is 1. The van der Waals surface area contributed by atoms with Gasteiger partial charge in [0.2, 0.25) is 15.6 Å². The number of aromatic nitrogens is 1. The van der Waals surface area contributed by atoms with Crippen LogP contribution in [-0.4, -0.2) is 50.3 Å². The van der Waals surface area contributed by atoms with E-state index in [1.165, 1.54) is 26.2 Å². The molecule has 3 rings (SSSR count). The summed E-state index contributed by atoms with van der Waals surface area (Å²) in [7, 11) is -0.858. The van der Waals surface area contributed by atoms with Crippen LogP contribution in [0.15, 0.2) is 58.2 Å². The molecule has 1 amide bonds. The second-order valence-corrected chi connectivity index (χ2v) is 9.13. The molecular weight excluding hydrogens is 422 g/mol. The second-order valence-electron chi connectivity index (χ2n) is 6.98. The number of carbonyl (C=O) groups excluding carboxylic acids is 2. The fraction of sp³-hybridized carbons (Fsp3) is 0.190. The Morgan fingerprint density at radius 2 is 1.81 bits per heavy atom. The first-order valence-corrected chi connectivity index (χ1v) is 10.7. The Balaban J connectivity index is 1.74. The van der Waals surface area contributed by atoms with Crippen molar-refractivity contribution in [2.75, 3.05) is 26.0 Å². The van der Waals surface area contributed by atoms with Crippen LogP contribution in [0.5, 0.6) is 0 Å². The molecule has 0 radical (unpaired) electrons. The van der Waals surface area contributed by atoms with E-state index in [0.29, 0.717) is 16.5 Å². The van der Waals surface area contributed by atoms with Gasteiger partial charge in [-0.15, -0.1) is 0 Å². The molecule has 0 aliphatic rings. The van der Waals surface area contributed by atoms with E-state index in [4.69, 9.17) is 4.74 Å². The van der Waals surface area contributed by atoms with E-state index in [-0.39, 0.29) is 16.1 Å². The number of nitrogens with one attached hydrogen (secondary N) is 2. The van der Waals surface area contributed by atoms with Gasteiger partial charge in [0.25, 0.3) is 5.91 Å². The van der Waals surface area contributed by atoms with Crippen LogP contribution in [-0.2, 0) is 19.6 Å². The monoisotopic (exact) mass is 443 g/mol. The third kappa shape index (κ3) is 4.81. The number of amides is 1. The number of hydrogen-bond donors (Lipinski definition) is 2. The highest BCUT2D eigenvalue weighted by atomic mass is 32.2. The van der Waals surface area contributed by atoms with Gasteiger partial charge < -0.3 is 15.0 Å². The average molecular weight is 443 g/mol. The number of H-pyrrole nitrogens is 1. The van der Waals surface area contributed by atoms with Crippen LogP contribution in [0.2, 0.25) is 0 Å². The molecule has 3 aromatic rings. The molecule has 2 N–H and O–H groups in total. The molecule has 0 unspecified atom stereocenters. The number of rotatable bonds is 6. The van der Waals surface area contributed by atoms with Gasteiger partial charge in [0.1, 0.15) is 0 Å². The molecule has 2 aromatic carbocycles. The number of aryl methyl sites for hydroxylation is 1. The Kier molecular flexibility index (Phi) is 6.23. The van der Waals surface area contributed by atoms with Gasteiger partial charge in [-0.3, -0.25) is 9.59 Å². The summed E-state index contributed by atoms with van der Waals surface area (Å²) in [4.78, 5) is 39.2. The first-order chi connectivity index (χ1) is 14.6. The normalized spacial score (nSPS) is 11.5. The zero-order chi connectivity index (χ0) is 22.8. The molecular formula is C21H21N3O6S. The van der Waals surface area contributed by atoms with Gasteiger partial charge in [-0.25, -0.2) is 17.5 Å². The lowest BCUT2D eigenvalue weighted by atomic mass is 10.1. The summed E-state index contributed by atoms with van der Waals surface area (Å²) in [6.07, 6.45) is 0. The van der Waals surface area contributed by atoms with Crippen molar-refractivity contribution in [3.63, 3.8) is 0 Å². The third-order valence-corrected chi connectivity index (χ3v) is 6.38. The minimum Gasteiger partial charge on any atom is -0.452 e. The number of nitrogens with zero attached hydrogens (tertiary/aromatic N) is 1. The minimum absolute atomic E-state index is 0.0189. The summed E-state index contributed by atoms with van der Waals surface area (Å²) in [6, 6.07) is 12.2. The van der Waals surface area contributed by atoms with Crippen molar-refractivity contribution < 1.29 is 22.7 Å². The molecule has 1 heterocycles. The maximum absolute atomic E-state index is 12.5. The molecule has 10 heteroatoms. The molecule has 9 nitrogen and oxygen atoms in total. The van der Waals surface area contributed by atoms with Crippen LogP contribution in [0.3, 0.4) is 0 Å². The molecule has 0 fully saturated rings. The molecule has 0 saturated heterocycles. The van der Waals surface area contributed by atoms with Crippen LogP contribution >= 0.6 is 0 Å². The Morgan fingerprint density at radius 1 is 1.10 bits per heavy atom. The lowest BCUT2D eigenvalue weighted by molar-refractivity contribution is -0.119. The predicted molar refractivity (Wildman–Crippen MR) is 116 cm³/mol. The van der Waals surface area contributed by atoms with Gasteiger partial charge in [0.05, 0.1) is 10.5 Å². The number of aromatic amines is 1. The van der Waals surface area contributed by atoms with Gasteiger partial charge >= 0.3 is 5.97 Å². The minimum atomic E-state index is -3.67. The Bertz CT molecular complexity index is 1330. The zero-order valence-corrected chi connectivity index (χ0v) is 17.9. The summed E-state index contributed by atoms with van der Waals surface area (Å²) in [5, 5.41) is 3.04. The highest BCUT2D eigenvalue weighted by Gasteiger charge is 2.19. The largest absolute Gasteiger partial charge is 0.452 e. The predicted octanol–water partition coefficient (Wildman–Crippen LogP) is 1.88. The summed E-state index contributed by atoms with van der Waals surface area (Å²) < 4.78 is 30.7. The lowest BCUT2D eigenvalue weighted by Gasteiger charge is -2.14. The molecule has 31 heavy (non-hydrogen) atoms. The molecule has 0 saturated carbocycles. The summed E-state index contributed by atoms with van der Waals surface area (Å²) in [5.41, 5.74) is 0.969. The van der Waals surface area contributed by atoms with E-state index in [2.05, 4.69) is 10.3 Å². The van der Waals surface area contributed by atoms with Crippen LogP contribution < -0.4 is 10.9 Å². The number of hydrogen-bond acceptors (Lipinski definition) is 6. The van der Waals surface area contributed by atoms with Crippen molar-refractivity contribution in [1.29, 1.82) is 0 Å². The maximum Gasteiger partial charge on any atom is 0.339 e. The lowest BCUT2D eigenvalue weighted by Crippen LogP contribution is -2.24. The van der Waals surface area contributed by atoms with Crippen LogP contribution in [0.25, 0.3) is 10.9 Å². The number of benzene rings is 2. The van der Waals surface area contributed by atoms with Crippen LogP contribution in [0, 0.1) is 6.92 Å². The van der Waals surface area contributed by atoms with E-state index < -0.39 is 34.1 Å². The topological polar surface area (TPSA) is 126 Å². The van der Waals surface area contributed by atoms with Gasteiger partial charge in [0, 0.05) is 36.8 Å². The molecule has 0 spiro atoms. The second kappa shape index (κ2) is 8.70. The number of sulfonamides is 1. The first kappa shape index (κ1) is 22.2. The zero-order valence-electron chi connectivity index (χ0n) is 17.1. The molecule has 0 aliphatic heterocycles. The van der Waals surface area contributed by atoms with Crippen molar-refractivity contribution in [2.24, 2.45) is 0 Å². The van der Waals surface area contributed by atoms with Gasteiger partial charge in [-0.1, -0.05) is 24.3 Å². The molecule has 162 valence electrons. The summed E-state index contributed by atoms with van der Waals surface area (Å²) in [6.45, 7) is 1.10. The number of ether oxygens (including phenoxy) is 1. The molecule has 0 aliphatic carbocycles. The Hall–Kier alpha value is -3.50. The van der Waals surface area contributed by atoms with E-state index >= 15 is 0 Å². The summed E-state index contributed by atoms with van der Waals surface area (Å²) >= 11 is 0. The fourth-order valence-corrected chi connectivity index (χ4v) is 3.80. The molecule has 0 bridgehead atoms. The fourth-order valence-electron chi connectivity index (χ4n) is 2.88. The highest BCUT2D eigenvalue weighted by Crippen LogP contribution is 2.22. The number of fused-ring (bicyclic) bond motifs is 1. The van der Waals surface area contributed by atoms with Gasteiger partial charge in [-0.05, 0) is 30.7 Å². The van der Waals surface area contributed by atoms with Crippen molar-refractivity contribution in [1.82, 2.24) is 9.29 Å². The van der Waals surface area contributed by atoms with E-state index in [9.17, 15) is 22.8 Å². The van der Waals surface area contributed by atoms with E-state index in [1.54, 1.807) is 37.3 Å². The quantitative estimate of drug-likeness (QED) is 0.561. The van der Waals surface area contributed by atoms with Crippen molar-refractivity contribution in [3.05, 3.63) is 70.0 Å². The first-order valence-electron chi connectivity index (χ1n) is 9.22. The Labute approximate surface area is 178 Å². The Morgan fingerprint density at radius 3 is 2.52 bits per heavy atom. The number of esters is 1. The van der Waals surface area contributed by atoms with Crippen LogP contribution in [0.4, 0.5) is 5.69 Å². The van der Waals surface area contributed by atoms with E-state index in [0.717, 1.165) is 10.4 Å². The standard InChI is InChI=1S/C21H21N3O6S/c1-13-8-9-14(31(28,29)24(2)3)10-18(13)23-20(26)12-30-21(27)16-11-19(25)22-17-7-5-4-6-15(16)17/h4-11H,12H2,1-3H3,(H,22,25)(H,23,26). The maximum atomic E-state index is 12.5. The van der Waals surface area contributed by atoms with Crippen molar-refractivity contribution in [2.45, 2.75) is 11.8 Å². The average Bonchev–Trinajstić information content (AvgIpc) is 2.72. The van der Waals surface area contributed by atoms with Crippen LogP contribution in [0.1, 0.15) is 15.9 Å². The van der Waals surface area contributed by atoms with Crippen molar-refractivity contribution >= 4 is 38.5 Å². The van der Waals surface area contributed by atoms with Gasteiger partial charge in [-0.2, -0.15) is 0 Å². The SMILES string of the molecule is Cc1ccc(S(=O)(=O)N(C)C)cc1NC(=O)COC(=O)c1cc(=O)[nH]c2ccccc12. The highest BCUT2D eigenvalue weighted by molar-refractivity contribution is 7.89.